The van der Waals surface area contributed by atoms with Gasteiger partial charge in [0.2, 0.25) is 0 Å². The van der Waals surface area contributed by atoms with E-state index >= 15 is 0 Å². The van der Waals surface area contributed by atoms with Crippen molar-refractivity contribution in [2.24, 2.45) is 106 Å². The van der Waals surface area contributed by atoms with Gasteiger partial charge in [-0.15, -0.1) is 0 Å². The molecular formula is C98H166OSi2. The second-order valence-electron chi connectivity index (χ2n) is 38.0. The standard InChI is InChI=1S/2C22H28.C18H38OSi2.C14H28.C12H24.C10H20/c1-3-17-15-21(19-11-7-5-8-12-19)22(16-18(17)4-2)20-13-9-6-10-14-20;1-3-19-20(4-2)22(18-13-9-6-10-14-18)16-15-21(19)17-11-7-5-8-12-17;1-9-13-11-15-16(12-14(13)10-2)18(21(6,7)8)19-17(15)20(3,4)5;1-7-13(5)9-11(3)12(4)10-14(13,6)8-2;1-5-11-7-9(3)10(4)8-12(11)6-2;1-3-9-7-5-6-8-10(9)4-2/h5-14,17-18,21-22H,3-4,15-16H2,1-2H3;5-14,19-22H,3-4,15-16H2,1-2H3;13-18H,9-12H2,1-8H3;11-12H,7-10H2,1-6H3;9-12H,5-8H2,1-4H3;9-10H,3-8H2,1-2H3/t;19-,20+,21?,22?;;11?,12?,13-,14+;9?,10?,11-,12+;9-,10+. The van der Waals surface area contributed by atoms with Gasteiger partial charge >= 0.3 is 0 Å². The maximum absolute atomic E-state index is 6.85. The van der Waals surface area contributed by atoms with Crippen LogP contribution in [0.2, 0.25) is 39.3 Å². The number of rotatable bonds is 18. The van der Waals surface area contributed by atoms with Gasteiger partial charge in [0, 0.05) is 0 Å². The summed E-state index contributed by atoms with van der Waals surface area (Å²) in [7, 11) is -2.46. The third kappa shape index (κ3) is 23.4. The van der Waals surface area contributed by atoms with Crippen LogP contribution in [-0.2, 0) is 4.74 Å². The molecule has 0 amide bonds. The van der Waals surface area contributed by atoms with Crippen LogP contribution in [0, 0.1) is 106 Å². The Morgan fingerprint density at radius 1 is 0.307 bits per heavy atom. The second kappa shape index (κ2) is 42.1. The fraction of sp³-hybridized carbons (Fsp3) is 0.755. The number of ether oxygens (including phenoxy) is 1. The Balaban J connectivity index is 0.000000195. The van der Waals surface area contributed by atoms with Crippen molar-refractivity contribution in [3.05, 3.63) is 144 Å². The summed E-state index contributed by atoms with van der Waals surface area (Å²) >= 11 is 0. The summed E-state index contributed by atoms with van der Waals surface area (Å²) < 4.78 is 6.85. The van der Waals surface area contributed by atoms with Crippen molar-refractivity contribution in [3.8, 4) is 0 Å². The van der Waals surface area contributed by atoms with Crippen LogP contribution in [0.25, 0.3) is 0 Å². The molecule has 7 fully saturated rings. The molecule has 0 spiro atoms. The van der Waals surface area contributed by atoms with Crippen LogP contribution in [0.3, 0.4) is 0 Å². The van der Waals surface area contributed by atoms with E-state index in [1.807, 2.05) is 0 Å². The largest absolute Gasteiger partial charge is 0.381 e. The average molecular weight is 1420 g/mol. The molecule has 11 rings (SSSR count). The van der Waals surface area contributed by atoms with E-state index in [0.29, 0.717) is 34.1 Å². The lowest BCUT2D eigenvalue weighted by Crippen LogP contribution is -2.45. The highest BCUT2D eigenvalue weighted by Gasteiger charge is 2.56. The molecule has 572 valence electrons. The third-order valence-electron chi connectivity index (χ3n) is 30.4. The smallest absolute Gasteiger partial charge is 0.0789 e. The molecule has 0 aromatic heterocycles. The molecular weight excluding hydrogens is 1250 g/mol. The zero-order valence-corrected chi connectivity index (χ0v) is 73.0. The normalized spacial score (nSPS) is 36.3. The van der Waals surface area contributed by atoms with E-state index in [9.17, 15) is 0 Å². The van der Waals surface area contributed by atoms with Gasteiger partial charge in [-0.2, -0.15) is 0 Å². The van der Waals surface area contributed by atoms with E-state index in [1.54, 1.807) is 11.1 Å². The lowest BCUT2D eigenvalue weighted by molar-refractivity contribution is -0.0403. The summed E-state index contributed by atoms with van der Waals surface area (Å²) in [4.78, 5) is 0. The van der Waals surface area contributed by atoms with Gasteiger partial charge in [-0.05, 0) is 216 Å². The molecule has 0 N–H and O–H groups in total. The minimum atomic E-state index is -1.23. The van der Waals surface area contributed by atoms with E-state index in [4.69, 9.17) is 4.74 Å². The number of benzene rings is 4. The minimum absolute atomic E-state index is 0.577. The summed E-state index contributed by atoms with van der Waals surface area (Å²) in [5.74, 6) is 17.9. The summed E-state index contributed by atoms with van der Waals surface area (Å²) in [6.45, 7) is 58.4. The first-order valence-electron chi connectivity index (χ1n) is 44.1. The van der Waals surface area contributed by atoms with Crippen molar-refractivity contribution >= 4 is 16.1 Å². The lowest BCUT2D eigenvalue weighted by atomic mass is 9.51. The molecule has 4 aromatic rings. The Labute approximate surface area is 631 Å². The Bertz CT molecular complexity index is 2610. The van der Waals surface area contributed by atoms with Gasteiger partial charge in [-0.3, -0.25) is 0 Å². The predicted octanol–water partition coefficient (Wildman–Crippen LogP) is 31.0. The molecule has 0 bridgehead atoms. The van der Waals surface area contributed by atoms with Gasteiger partial charge in [0.1, 0.15) is 0 Å². The van der Waals surface area contributed by atoms with Gasteiger partial charge in [0.15, 0.2) is 0 Å². The molecule has 1 nitrogen and oxygen atoms in total. The van der Waals surface area contributed by atoms with Crippen molar-refractivity contribution in [1.29, 1.82) is 0 Å². The molecule has 24 atom stereocenters. The zero-order valence-electron chi connectivity index (χ0n) is 71.0. The fourth-order valence-electron chi connectivity index (χ4n) is 23.1. The first-order chi connectivity index (χ1) is 48.2. The van der Waals surface area contributed by atoms with E-state index in [2.05, 4.69) is 285 Å². The quantitative estimate of drug-likeness (QED) is 0.0902. The molecule has 1 saturated heterocycles. The maximum Gasteiger partial charge on any atom is 0.0789 e. The predicted molar refractivity (Wildman–Crippen MR) is 455 cm³/mol. The molecule has 7 aliphatic rings. The van der Waals surface area contributed by atoms with Gasteiger partial charge in [-0.1, -0.05) is 388 Å². The molecule has 1 heterocycles. The summed E-state index contributed by atoms with van der Waals surface area (Å²) in [5.41, 5.74) is 8.56. The summed E-state index contributed by atoms with van der Waals surface area (Å²) in [5, 5.41) is 0. The third-order valence-corrected chi connectivity index (χ3v) is 35.0. The maximum atomic E-state index is 6.85. The van der Waals surface area contributed by atoms with Crippen LogP contribution in [0.5, 0.6) is 0 Å². The van der Waals surface area contributed by atoms with Crippen LogP contribution in [0.15, 0.2) is 121 Å². The highest BCUT2D eigenvalue weighted by molar-refractivity contribution is 6.79. The summed E-state index contributed by atoms with van der Waals surface area (Å²) in [6, 6.07) is 44.8. The van der Waals surface area contributed by atoms with Crippen molar-refractivity contribution in [3.63, 3.8) is 0 Å². The molecule has 1 aliphatic heterocycles. The number of hydrogen-bond acceptors (Lipinski definition) is 1. The Morgan fingerprint density at radius 2 is 0.564 bits per heavy atom. The van der Waals surface area contributed by atoms with Crippen LogP contribution < -0.4 is 0 Å². The van der Waals surface area contributed by atoms with Gasteiger partial charge in [-0.25, -0.2) is 0 Å². The first kappa shape index (κ1) is 87.2. The number of fused-ring (bicyclic) bond motifs is 1. The first-order valence-corrected chi connectivity index (χ1v) is 51.2. The zero-order chi connectivity index (χ0) is 74.2. The topological polar surface area (TPSA) is 9.23 Å². The fourth-order valence-corrected chi connectivity index (χ4v) is 27.7. The van der Waals surface area contributed by atoms with Crippen LogP contribution in [0.1, 0.15) is 337 Å². The Morgan fingerprint density at radius 3 is 0.812 bits per heavy atom. The molecule has 0 radical (unpaired) electrons. The molecule has 16 unspecified atom stereocenters. The van der Waals surface area contributed by atoms with Crippen molar-refractivity contribution in [2.75, 3.05) is 0 Å². The average Bonchev–Trinajstić information content (AvgIpc) is 1.67. The van der Waals surface area contributed by atoms with Crippen molar-refractivity contribution in [2.45, 2.75) is 366 Å². The van der Waals surface area contributed by atoms with E-state index in [0.717, 1.165) is 107 Å². The number of hydrogen-bond donors (Lipinski definition) is 0. The molecule has 4 aromatic carbocycles. The Hall–Kier alpha value is -2.73. The second-order valence-corrected chi connectivity index (χ2v) is 48.6. The molecule has 3 heteroatoms. The monoisotopic (exact) mass is 1420 g/mol. The molecule has 6 aliphatic carbocycles. The Kier molecular flexibility index (Phi) is 36.4. The van der Waals surface area contributed by atoms with Gasteiger partial charge in [0.25, 0.3) is 0 Å². The lowest BCUT2D eigenvalue weighted by Gasteiger charge is -2.54. The van der Waals surface area contributed by atoms with E-state index < -0.39 is 16.1 Å². The highest BCUT2D eigenvalue weighted by atomic mass is 28.3. The summed E-state index contributed by atoms with van der Waals surface area (Å²) in [6.07, 6.45) is 36.4. The van der Waals surface area contributed by atoms with Gasteiger partial charge < -0.3 is 4.74 Å². The van der Waals surface area contributed by atoms with E-state index in [-0.39, 0.29) is 0 Å². The van der Waals surface area contributed by atoms with E-state index in [1.165, 1.54) is 178 Å². The van der Waals surface area contributed by atoms with Crippen LogP contribution in [0.4, 0.5) is 0 Å². The minimum Gasteiger partial charge on any atom is -0.381 e. The van der Waals surface area contributed by atoms with Crippen LogP contribution >= 0.6 is 0 Å². The highest BCUT2D eigenvalue weighted by Crippen LogP contribution is 2.58. The van der Waals surface area contributed by atoms with Gasteiger partial charge in [0.05, 0.1) is 27.6 Å². The molecule has 6 saturated carbocycles. The van der Waals surface area contributed by atoms with Crippen molar-refractivity contribution < 1.29 is 4.74 Å². The molecule has 101 heavy (non-hydrogen) atoms. The van der Waals surface area contributed by atoms with Crippen LogP contribution in [-0.4, -0.2) is 27.6 Å². The van der Waals surface area contributed by atoms with Crippen molar-refractivity contribution in [1.82, 2.24) is 0 Å². The SMILES string of the molecule is CCC1CC(c2ccccc2)C(c2ccccc2)CC1CC.CCC1CC2C(CC1CC)C([Si](C)(C)C)OC2[Si](C)(C)C.CC[C@@H]1C(c2ccccc2)CCC(c2ccccc2)[C@@H]1CC.CC[C@@H]1CC(C)C(C)C[C@@H]1CC.CC[C@@H]1CCCC[C@@H]1CC.CC[C@@]1(C)CC(C)C(C)C[C@@]1(C)CC.